The van der Waals surface area contributed by atoms with Crippen LogP contribution in [0.25, 0.3) is 0 Å². The van der Waals surface area contributed by atoms with E-state index in [2.05, 4.69) is 6.92 Å². The third-order valence-corrected chi connectivity index (χ3v) is 3.74. The molecule has 0 bridgehead atoms. The molecule has 0 aromatic rings. The monoisotopic (exact) mass is 192 g/mol. The third-order valence-electron chi connectivity index (χ3n) is 3.74. The fourth-order valence-corrected chi connectivity index (χ4v) is 2.82. The van der Waals surface area contributed by atoms with Gasteiger partial charge in [0.25, 0.3) is 0 Å². The predicted octanol–water partition coefficient (Wildman–Crippen LogP) is 2.43. The van der Waals surface area contributed by atoms with E-state index in [9.17, 15) is 9.59 Å². The van der Waals surface area contributed by atoms with Crippen molar-refractivity contribution in [2.45, 2.75) is 46.0 Å². The van der Waals surface area contributed by atoms with Crippen molar-refractivity contribution in [1.82, 2.24) is 0 Å². The molecule has 76 valence electrons. The maximum atomic E-state index is 11.5. The first kappa shape index (κ1) is 9.63. The van der Waals surface area contributed by atoms with E-state index in [1.54, 1.807) is 0 Å². The van der Waals surface area contributed by atoms with Crippen LogP contribution in [-0.4, -0.2) is 11.6 Å². The van der Waals surface area contributed by atoms with Crippen molar-refractivity contribution in [3.05, 3.63) is 11.1 Å². The fraction of sp³-hybridized carbons (Fsp3) is 0.667. The largest absolute Gasteiger partial charge is 0.300 e. The first-order valence-corrected chi connectivity index (χ1v) is 5.28. The molecule has 2 aliphatic rings. The molecular formula is C12H16O2. The number of hydrogen-bond acceptors (Lipinski definition) is 2. The summed E-state index contributed by atoms with van der Waals surface area (Å²) in [5, 5.41) is 0. The highest BCUT2D eigenvalue weighted by Crippen LogP contribution is 2.47. The SMILES string of the molecule is CC1=C2CCC(=O)CC2(C)CCC1=O. The van der Waals surface area contributed by atoms with E-state index in [0.717, 1.165) is 18.4 Å². The molecule has 0 aromatic heterocycles. The molecule has 0 radical (unpaired) electrons. The molecule has 2 heteroatoms. The molecule has 0 N–H and O–H groups in total. The lowest BCUT2D eigenvalue weighted by molar-refractivity contribution is -0.124. The molecule has 1 saturated carbocycles. The summed E-state index contributed by atoms with van der Waals surface area (Å²) in [7, 11) is 0. The van der Waals surface area contributed by atoms with Crippen molar-refractivity contribution < 1.29 is 9.59 Å². The van der Waals surface area contributed by atoms with Gasteiger partial charge in [-0.15, -0.1) is 0 Å². The molecule has 1 atom stereocenters. The molecule has 0 amide bonds. The van der Waals surface area contributed by atoms with Gasteiger partial charge in [-0.3, -0.25) is 9.59 Å². The first-order chi connectivity index (χ1) is 6.53. The Morgan fingerprint density at radius 2 is 1.86 bits per heavy atom. The molecule has 0 spiro atoms. The van der Waals surface area contributed by atoms with Crippen molar-refractivity contribution in [3.8, 4) is 0 Å². The van der Waals surface area contributed by atoms with Crippen LogP contribution in [0.4, 0.5) is 0 Å². The second-order valence-electron chi connectivity index (χ2n) is 4.80. The number of fused-ring (bicyclic) bond motifs is 1. The molecule has 0 aromatic carbocycles. The van der Waals surface area contributed by atoms with Crippen LogP contribution in [0.5, 0.6) is 0 Å². The minimum absolute atomic E-state index is 0.00727. The van der Waals surface area contributed by atoms with Gasteiger partial charge < -0.3 is 0 Å². The highest BCUT2D eigenvalue weighted by molar-refractivity contribution is 5.97. The van der Waals surface area contributed by atoms with Gasteiger partial charge in [-0.2, -0.15) is 0 Å². The molecule has 0 saturated heterocycles. The van der Waals surface area contributed by atoms with Crippen LogP contribution in [0, 0.1) is 5.41 Å². The Labute approximate surface area is 84.4 Å². The second-order valence-corrected chi connectivity index (χ2v) is 4.80. The van der Waals surface area contributed by atoms with E-state index in [4.69, 9.17) is 0 Å². The number of hydrogen-bond donors (Lipinski definition) is 0. The normalized spacial score (nSPS) is 33.3. The van der Waals surface area contributed by atoms with Gasteiger partial charge >= 0.3 is 0 Å². The zero-order valence-corrected chi connectivity index (χ0v) is 8.85. The van der Waals surface area contributed by atoms with Crippen molar-refractivity contribution in [2.75, 3.05) is 0 Å². The van der Waals surface area contributed by atoms with Gasteiger partial charge in [-0.25, -0.2) is 0 Å². The molecule has 2 aliphatic carbocycles. The standard InChI is InChI=1S/C12H16O2/c1-8-10-4-3-9(13)7-12(10,2)6-5-11(8)14/h3-7H2,1-2H3. The minimum Gasteiger partial charge on any atom is -0.300 e. The molecule has 1 fully saturated rings. The molecule has 1 unspecified atom stereocenters. The van der Waals surface area contributed by atoms with Crippen LogP contribution >= 0.6 is 0 Å². The molecule has 2 rings (SSSR count). The third kappa shape index (κ3) is 1.33. The van der Waals surface area contributed by atoms with Crippen LogP contribution in [0.2, 0.25) is 0 Å². The number of Topliss-reactive ketones (excluding diaryl/α,β-unsaturated/α-hetero) is 2. The Bertz CT molecular complexity index is 338. The Hall–Kier alpha value is -0.920. The number of ketones is 2. The van der Waals surface area contributed by atoms with Crippen LogP contribution in [0.1, 0.15) is 46.0 Å². The van der Waals surface area contributed by atoms with Gasteiger partial charge in [0.2, 0.25) is 0 Å². The van der Waals surface area contributed by atoms with Gasteiger partial charge in [0.15, 0.2) is 5.78 Å². The van der Waals surface area contributed by atoms with Crippen LogP contribution < -0.4 is 0 Å². The molecular weight excluding hydrogens is 176 g/mol. The second kappa shape index (κ2) is 3.04. The quantitative estimate of drug-likeness (QED) is 0.590. The van der Waals surface area contributed by atoms with Gasteiger partial charge in [0, 0.05) is 19.3 Å². The minimum atomic E-state index is 0.00727. The van der Waals surface area contributed by atoms with Crippen LogP contribution in [0.15, 0.2) is 11.1 Å². The first-order valence-electron chi connectivity index (χ1n) is 5.28. The zero-order valence-electron chi connectivity index (χ0n) is 8.85. The van der Waals surface area contributed by atoms with Crippen molar-refractivity contribution >= 4 is 11.6 Å². The van der Waals surface area contributed by atoms with E-state index in [1.165, 1.54) is 5.57 Å². The summed E-state index contributed by atoms with van der Waals surface area (Å²) in [6.45, 7) is 4.06. The summed E-state index contributed by atoms with van der Waals surface area (Å²) in [4.78, 5) is 22.9. The molecule has 2 nitrogen and oxygen atoms in total. The van der Waals surface area contributed by atoms with E-state index in [-0.39, 0.29) is 11.2 Å². The molecule has 0 aliphatic heterocycles. The summed E-state index contributed by atoms with van der Waals surface area (Å²) in [6, 6.07) is 0. The summed E-state index contributed by atoms with van der Waals surface area (Å²) in [5.41, 5.74) is 2.20. The maximum absolute atomic E-state index is 11.5. The van der Waals surface area contributed by atoms with Gasteiger partial charge in [0.1, 0.15) is 5.78 Å². The average molecular weight is 192 g/mol. The van der Waals surface area contributed by atoms with E-state index in [1.807, 2.05) is 6.92 Å². The van der Waals surface area contributed by atoms with E-state index in [0.29, 0.717) is 25.0 Å². The van der Waals surface area contributed by atoms with Gasteiger partial charge in [-0.1, -0.05) is 12.5 Å². The Morgan fingerprint density at radius 1 is 1.14 bits per heavy atom. The van der Waals surface area contributed by atoms with Crippen molar-refractivity contribution in [2.24, 2.45) is 5.41 Å². The van der Waals surface area contributed by atoms with Crippen LogP contribution in [-0.2, 0) is 9.59 Å². The summed E-state index contributed by atoms with van der Waals surface area (Å²) in [6.07, 6.45) is 3.58. The Balaban J connectivity index is 2.42. The van der Waals surface area contributed by atoms with E-state index < -0.39 is 0 Å². The lowest BCUT2D eigenvalue weighted by Crippen LogP contribution is -2.34. The number of rotatable bonds is 0. The summed E-state index contributed by atoms with van der Waals surface area (Å²) < 4.78 is 0. The lowest BCUT2D eigenvalue weighted by atomic mass is 9.63. The smallest absolute Gasteiger partial charge is 0.158 e. The highest BCUT2D eigenvalue weighted by atomic mass is 16.1. The highest BCUT2D eigenvalue weighted by Gasteiger charge is 2.40. The Morgan fingerprint density at radius 3 is 2.57 bits per heavy atom. The van der Waals surface area contributed by atoms with Crippen LogP contribution in [0.3, 0.4) is 0 Å². The van der Waals surface area contributed by atoms with Crippen molar-refractivity contribution in [1.29, 1.82) is 0 Å². The number of carbonyl (C=O) groups is 2. The van der Waals surface area contributed by atoms with Crippen molar-refractivity contribution in [3.63, 3.8) is 0 Å². The van der Waals surface area contributed by atoms with Gasteiger partial charge in [-0.05, 0) is 30.8 Å². The number of allylic oxidation sites excluding steroid dienone is 2. The predicted molar refractivity (Wildman–Crippen MR) is 53.9 cm³/mol. The molecule has 14 heavy (non-hydrogen) atoms. The zero-order chi connectivity index (χ0) is 10.3. The Kier molecular flexibility index (Phi) is 2.09. The summed E-state index contributed by atoms with van der Waals surface area (Å²) >= 11 is 0. The van der Waals surface area contributed by atoms with E-state index >= 15 is 0 Å². The molecule has 0 heterocycles. The maximum Gasteiger partial charge on any atom is 0.158 e. The number of carbonyl (C=O) groups excluding carboxylic acids is 2. The lowest BCUT2D eigenvalue weighted by Gasteiger charge is -2.39. The fourth-order valence-electron chi connectivity index (χ4n) is 2.82. The average Bonchev–Trinajstić information content (AvgIpc) is 2.12. The van der Waals surface area contributed by atoms with Gasteiger partial charge in [0.05, 0.1) is 0 Å². The summed E-state index contributed by atoms with van der Waals surface area (Å²) in [5.74, 6) is 0.644. The topological polar surface area (TPSA) is 34.1 Å².